The number of hydrogen-bond acceptors (Lipinski definition) is 5. The molecule has 1 heterocycles. The SMILES string of the molecule is Cc1cc(OC(C)C)nc(NCC2(N(C)C)CCCC2)n1. The number of nitrogens with one attached hydrogen (secondary N) is 1. The first-order valence-electron chi connectivity index (χ1n) is 7.85. The second-order valence-corrected chi connectivity index (χ2v) is 6.52. The van der Waals surface area contributed by atoms with Crippen molar-refractivity contribution in [3.05, 3.63) is 11.8 Å². The lowest BCUT2D eigenvalue weighted by atomic mass is 9.96. The summed E-state index contributed by atoms with van der Waals surface area (Å²) in [6.45, 7) is 6.86. The van der Waals surface area contributed by atoms with Gasteiger partial charge in [0.05, 0.1) is 6.10 Å². The Balaban J connectivity index is 2.07. The first-order chi connectivity index (χ1) is 9.91. The second kappa shape index (κ2) is 6.60. The van der Waals surface area contributed by atoms with Crippen molar-refractivity contribution < 1.29 is 4.74 Å². The van der Waals surface area contributed by atoms with E-state index in [1.54, 1.807) is 0 Å². The number of anilines is 1. The number of nitrogens with zero attached hydrogens (tertiary/aromatic N) is 3. The third kappa shape index (κ3) is 4.06. The summed E-state index contributed by atoms with van der Waals surface area (Å²) in [6.07, 6.45) is 5.18. The zero-order valence-electron chi connectivity index (χ0n) is 13.9. The van der Waals surface area contributed by atoms with E-state index in [0.717, 1.165) is 12.2 Å². The zero-order valence-corrected chi connectivity index (χ0v) is 13.9. The molecule has 21 heavy (non-hydrogen) atoms. The molecule has 2 rings (SSSR count). The Bertz CT molecular complexity index is 467. The second-order valence-electron chi connectivity index (χ2n) is 6.52. The quantitative estimate of drug-likeness (QED) is 0.873. The number of likely N-dealkylation sites (N-methyl/N-ethyl adjacent to an activating group) is 1. The van der Waals surface area contributed by atoms with Gasteiger partial charge < -0.3 is 15.0 Å². The third-order valence-corrected chi connectivity index (χ3v) is 4.25. The van der Waals surface area contributed by atoms with E-state index in [4.69, 9.17) is 4.74 Å². The standard InChI is InChI=1S/C16H28N4O/c1-12(2)21-14-10-13(3)18-15(19-14)17-11-16(20(4)5)8-6-7-9-16/h10,12H,6-9,11H2,1-5H3,(H,17,18,19). The summed E-state index contributed by atoms with van der Waals surface area (Å²) in [5, 5.41) is 3.42. The Morgan fingerprint density at radius 2 is 1.95 bits per heavy atom. The highest BCUT2D eigenvalue weighted by atomic mass is 16.5. The van der Waals surface area contributed by atoms with Crippen LogP contribution < -0.4 is 10.1 Å². The van der Waals surface area contributed by atoms with Crippen LogP contribution in [0.1, 0.15) is 45.2 Å². The van der Waals surface area contributed by atoms with E-state index in [-0.39, 0.29) is 11.6 Å². The number of rotatable bonds is 6. The summed E-state index contributed by atoms with van der Waals surface area (Å²) in [6, 6.07) is 1.88. The average molecular weight is 292 g/mol. The fraction of sp³-hybridized carbons (Fsp3) is 0.750. The Morgan fingerprint density at radius 3 is 2.52 bits per heavy atom. The molecule has 0 saturated heterocycles. The van der Waals surface area contributed by atoms with Gasteiger partial charge in [0.1, 0.15) is 0 Å². The molecule has 118 valence electrons. The van der Waals surface area contributed by atoms with Crippen molar-refractivity contribution in [1.29, 1.82) is 0 Å². The molecule has 1 aromatic heterocycles. The molecule has 1 N–H and O–H groups in total. The molecular formula is C16H28N4O. The van der Waals surface area contributed by atoms with Crippen LogP contribution >= 0.6 is 0 Å². The summed E-state index contributed by atoms with van der Waals surface area (Å²) in [4.78, 5) is 11.3. The van der Waals surface area contributed by atoms with Crippen LogP contribution in [0.2, 0.25) is 0 Å². The van der Waals surface area contributed by atoms with Crippen LogP contribution in [0, 0.1) is 6.92 Å². The minimum atomic E-state index is 0.120. The summed E-state index contributed by atoms with van der Waals surface area (Å²) in [7, 11) is 4.33. The first-order valence-corrected chi connectivity index (χ1v) is 7.85. The molecule has 1 aromatic rings. The average Bonchev–Trinajstić information content (AvgIpc) is 2.85. The van der Waals surface area contributed by atoms with Crippen molar-refractivity contribution in [3.8, 4) is 5.88 Å². The van der Waals surface area contributed by atoms with Gasteiger partial charge in [-0.3, -0.25) is 0 Å². The van der Waals surface area contributed by atoms with Crippen LogP contribution in [0.3, 0.4) is 0 Å². The normalized spacial score (nSPS) is 17.5. The van der Waals surface area contributed by atoms with Crippen molar-refractivity contribution >= 4 is 5.95 Å². The Hall–Kier alpha value is -1.36. The van der Waals surface area contributed by atoms with E-state index >= 15 is 0 Å². The van der Waals surface area contributed by atoms with Gasteiger partial charge in [-0.05, 0) is 47.7 Å². The summed E-state index contributed by atoms with van der Waals surface area (Å²) in [5.74, 6) is 1.31. The fourth-order valence-corrected chi connectivity index (χ4v) is 2.98. The molecule has 0 bridgehead atoms. The topological polar surface area (TPSA) is 50.3 Å². The molecule has 5 heteroatoms. The fourth-order valence-electron chi connectivity index (χ4n) is 2.98. The van der Waals surface area contributed by atoms with E-state index in [0.29, 0.717) is 11.8 Å². The van der Waals surface area contributed by atoms with Gasteiger partial charge in [-0.2, -0.15) is 4.98 Å². The Labute approximate surface area is 128 Å². The molecule has 5 nitrogen and oxygen atoms in total. The van der Waals surface area contributed by atoms with Crippen LogP contribution in [-0.2, 0) is 0 Å². The van der Waals surface area contributed by atoms with Crippen molar-refractivity contribution in [2.24, 2.45) is 0 Å². The molecule has 1 fully saturated rings. The summed E-state index contributed by atoms with van der Waals surface area (Å²) >= 11 is 0. The largest absolute Gasteiger partial charge is 0.475 e. The van der Waals surface area contributed by atoms with Gasteiger partial charge in [-0.1, -0.05) is 12.8 Å². The number of ether oxygens (including phenoxy) is 1. The van der Waals surface area contributed by atoms with Crippen LogP contribution in [0.5, 0.6) is 5.88 Å². The van der Waals surface area contributed by atoms with Crippen molar-refractivity contribution in [2.45, 2.75) is 58.1 Å². The lowest BCUT2D eigenvalue weighted by molar-refractivity contribution is 0.172. The highest BCUT2D eigenvalue weighted by Gasteiger charge is 2.35. The van der Waals surface area contributed by atoms with Gasteiger partial charge in [0.2, 0.25) is 11.8 Å². The molecule has 0 unspecified atom stereocenters. The van der Waals surface area contributed by atoms with E-state index in [1.165, 1.54) is 25.7 Å². The summed E-state index contributed by atoms with van der Waals surface area (Å²) in [5.41, 5.74) is 1.15. The highest BCUT2D eigenvalue weighted by molar-refractivity contribution is 5.31. The number of hydrogen-bond donors (Lipinski definition) is 1. The zero-order chi connectivity index (χ0) is 15.5. The predicted octanol–water partition coefficient (Wildman–Crippen LogP) is 2.86. The van der Waals surface area contributed by atoms with Crippen LogP contribution in [0.25, 0.3) is 0 Å². The van der Waals surface area contributed by atoms with E-state index in [2.05, 4.69) is 34.3 Å². The van der Waals surface area contributed by atoms with E-state index < -0.39 is 0 Å². The summed E-state index contributed by atoms with van der Waals surface area (Å²) < 4.78 is 5.68. The van der Waals surface area contributed by atoms with Gasteiger partial charge in [0.15, 0.2) is 0 Å². The number of aryl methyl sites for hydroxylation is 1. The molecule has 0 aromatic carbocycles. The molecule has 0 radical (unpaired) electrons. The molecule has 1 saturated carbocycles. The molecule has 0 spiro atoms. The lowest BCUT2D eigenvalue weighted by Gasteiger charge is -2.36. The number of aromatic nitrogens is 2. The molecule has 0 amide bonds. The van der Waals surface area contributed by atoms with Gasteiger partial charge >= 0.3 is 0 Å². The molecule has 0 atom stereocenters. The lowest BCUT2D eigenvalue weighted by Crippen LogP contribution is -2.47. The maximum Gasteiger partial charge on any atom is 0.226 e. The van der Waals surface area contributed by atoms with Gasteiger partial charge in [-0.15, -0.1) is 0 Å². The molecule has 1 aliphatic carbocycles. The van der Waals surface area contributed by atoms with Gasteiger partial charge in [-0.25, -0.2) is 4.98 Å². The molecule has 0 aliphatic heterocycles. The van der Waals surface area contributed by atoms with Gasteiger partial charge in [0, 0.05) is 23.8 Å². The van der Waals surface area contributed by atoms with Crippen LogP contribution in [-0.4, -0.2) is 47.2 Å². The highest BCUT2D eigenvalue weighted by Crippen LogP contribution is 2.33. The Morgan fingerprint density at radius 1 is 1.29 bits per heavy atom. The van der Waals surface area contributed by atoms with Crippen LogP contribution in [0.15, 0.2) is 6.07 Å². The Kier molecular flexibility index (Phi) is 5.04. The minimum Gasteiger partial charge on any atom is -0.475 e. The molecule has 1 aliphatic rings. The first kappa shape index (κ1) is 16.0. The van der Waals surface area contributed by atoms with Crippen LogP contribution in [0.4, 0.5) is 5.95 Å². The predicted molar refractivity (Wildman–Crippen MR) is 85.9 cm³/mol. The van der Waals surface area contributed by atoms with Crippen molar-refractivity contribution in [3.63, 3.8) is 0 Å². The van der Waals surface area contributed by atoms with Crippen molar-refractivity contribution in [2.75, 3.05) is 26.0 Å². The van der Waals surface area contributed by atoms with E-state index in [9.17, 15) is 0 Å². The van der Waals surface area contributed by atoms with Crippen molar-refractivity contribution in [1.82, 2.24) is 14.9 Å². The smallest absolute Gasteiger partial charge is 0.226 e. The monoisotopic (exact) mass is 292 g/mol. The minimum absolute atomic E-state index is 0.120. The van der Waals surface area contributed by atoms with Gasteiger partial charge in [0.25, 0.3) is 0 Å². The third-order valence-electron chi connectivity index (χ3n) is 4.25. The maximum absolute atomic E-state index is 5.68. The molecular weight excluding hydrogens is 264 g/mol. The maximum atomic E-state index is 5.68. The van der Waals surface area contributed by atoms with E-state index in [1.807, 2.05) is 26.8 Å².